The lowest BCUT2D eigenvalue weighted by Gasteiger charge is -2.22. The minimum Gasteiger partial charge on any atom is -0.387 e. The number of imidazole rings is 1. The highest BCUT2D eigenvalue weighted by Gasteiger charge is 2.20. The molecule has 0 radical (unpaired) electrons. The molecule has 0 aliphatic carbocycles. The fraction of sp³-hybridized carbons (Fsp3) is 0.467. The van der Waals surface area contributed by atoms with Crippen molar-refractivity contribution in [3.05, 3.63) is 24.3 Å². The molecule has 0 saturated carbocycles. The van der Waals surface area contributed by atoms with E-state index in [2.05, 4.69) is 9.97 Å². The number of rotatable bonds is 7. The van der Waals surface area contributed by atoms with E-state index in [9.17, 15) is 0 Å². The molecular formula is C15H22N4S. The molecule has 4 nitrogen and oxygen atoms in total. The van der Waals surface area contributed by atoms with Crippen LogP contribution in [-0.2, 0) is 0 Å². The van der Waals surface area contributed by atoms with Crippen LogP contribution in [0.4, 0.5) is 0 Å². The molecule has 2 rings (SSSR count). The van der Waals surface area contributed by atoms with E-state index < -0.39 is 0 Å². The van der Waals surface area contributed by atoms with E-state index in [1.807, 2.05) is 38.1 Å². The second kappa shape index (κ2) is 6.31. The Kier molecular flexibility index (Phi) is 4.70. The van der Waals surface area contributed by atoms with Crippen molar-refractivity contribution in [2.45, 2.75) is 38.3 Å². The Morgan fingerprint density at radius 1 is 1.35 bits per heavy atom. The number of hydrogen-bond acceptors (Lipinski definition) is 3. The minimum atomic E-state index is -0.177. The number of nitrogens with zero attached hydrogens (tertiary/aromatic N) is 1. The molecule has 1 aromatic heterocycles. The summed E-state index contributed by atoms with van der Waals surface area (Å²) in [4.78, 5) is 7.86. The first-order valence-corrected chi connectivity index (χ1v) is 7.90. The van der Waals surface area contributed by atoms with Gasteiger partial charge < -0.3 is 10.7 Å². The maximum atomic E-state index is 7.53. The van der Waals surface area contributed by atoms with Gasteiger partial charge in [0.25, 0.3) is 0 Å². The van der Waals surface area contributed by atoms with E-state index >= 15 is 0 Å². The van der Waals surface area contributed by atoms with Crippen LogP contribution in [0.5, 0.6) is 0 Å². The van der Waals surface area contributed by atoms with Crippen molar-refractivity contribution in [1.82, 2.24) is 9.97 Å². The van der Waals surface area contributed by atoms with Gasteiger partial charge >= 0.3 is 0 Å². The van der Waals surface area contributed by atoms with E-state index in [0.717, 1.165) is 41.2 Å². The van der Waals surface area contributed by atoms with Gasteiger partial charge in [-0.25, -0.2) is 4.98 Å². The van der Waals surface area contributed by atoms with Gasteiger partial charge in [0.1, 0.15) is 0 Å². The summed E-state index contributed by atoms with van der Waals surface area (Å²) in [6.07, 6.45) is 3.15. The highest BCUT2D eigenvalue weighted by atomic mass is 32.2. The van der Waals surface area contributed by atoms with Crippen molar-refractivity contribution < 1.29 is 0 Å². The predicted molar refractivity (Wildman–Crippen MR) is 86.4 cm³/mol. The number of unbranched alkanes of at least 4 members (excludes halogenated alkanes) is 1. The summed E-state index contributed by atoms with van der Waals surface area (Å²) in [6, 6.07) is 8.08. The van der Waals surface area contributed by atoms with Gasteiger partial charge in [0, 0.05) is 11.2 Å². The van der Waals surface area contributed by atoms with Crippen molar-refractivity contribution >= 4 is 28.6 Å². The van der Waals surface area contributed by atoms with Crippen LogP contribution >= 0.6 is 11.8 Å². The Labute approximate surface area is 124 Å². The van der Waals surface area contributed by atoms with Gasteiger partial charge in [-0.1, -0.05) is 44.2 Å². The maximum absolute atomic E-state index is 7.53. The van der Waals surface area contributed by atoms with Crippen LogP contribution in [0, 0.1) is 10.8 Å². The fourth-order valence-corrected chi connectivity index (χ4v) is 2.86. The first-order valence-electron chi connectivity index (χ1n) is 6.91. The van der Waals surface area contributed by atoms with Crippen LogP contribution in [0.2, 0.25) is 0 Å². The van der Waals surface area contributed by atoms with Crippen LogP contribution < -0.4 is 5.73 Å². The van der Waals surface area contributed by atoms with Crippen LogP contribution in [0.15, 0.2) is 29.4 Å². The Morgan fingerprint density at radius 2 is 2.10 bits per heavy atom. The molecule has 0 aliphatic rings. The third-order valence-electron chi connectivity index (χ3n) is 3.53. The average Bonchev–Trinajstić information content (AvgIpc) is 2.80. The average molecular weight is 290 g/mol. The zero-order chi connectivity index (χ0) is 14.6. The number of benzene rings is 1. The molecule has 2 aromatic rings. The van der Waals surface area contributed by atoms with Crippen LogP contribution in [0.25, 0.3) is 11.0 Å². The molecule has 108 valence electrons. The molecule has 5 heteroatoms. The third-order valence-corrected chi connectivity index (χ3v) is 4.49. The Hall–Kier alpha value is -1.49. The van der Waals surface area contributed by atoms with Crippen LogP contribution in [0.1, 0.15) is 33.1 Å². The summed E-state index contributed by atoms with van der Waals surface area (Å²) in [6.45, 7) is 4.06. The van der Waals surface area contributed by atoms with Gasteiger partial charge in [-0.05, 0) is 25.0 Å². The Bertz CT molecular complexity index is 555. The molecule has 0 bridgehead atoms. The molecule has 0 unspecified atom stereocenters. The lowest BCUT2D eigenvalue weighted by Crippen LogP contribution is -2.30. The number of amidine groups is 1. The van der Waals surface area contributed by atoms with Crippen molar-refractivity contribution in [3.63, 3.8) is 0 Å². The zero-order valence-electron chi connectivity index (χ0n) is 12.1. The van der Waals surface area contributed by atoms with Crippen molar-refractivity contribution in [3.8, 4) is 0 Å². The molecular weight excluding hydrogens is 268 g/mol. The third kappa shape index (κ3) is 3.76. The molecule has 1 heterocycles. The topological polar surface area (TPSA) is 78.5 Å². The SMILES string of the molecule is CC(C)(CCCCSc1nc2ccccc2[nH]1)C(=N)N. The van der Waals surface area contributed by atoms with Crippen molar-refractivity contribution in [2.75, 3.05) is 5.75 Å². The molecule has 0 fully saturated rings. The second-order valence-corrected chi connectivity index (χ2v) is 6.75. The summed E-state index contributed by atoms with van der Waals surface area (Å²) in [5, 5.41) is 8.51. The normalized spacial score (nSPS) is 11.9. The first-order chi connectivity index (χ1) is 9.49. The predicted octanol–water partition coefficient (Wildman–Crippen LogP) is 3.79. The highest BCUT2D eigenvalue weighted by molar-refractivity contribution is 7.99. The molecule has 0 aliphatic heterocycles. The Morgan fingerprint density at radius 3 is 2.80 bits per heavy atom. The molecule has 4 N–H and O–H groups in total. The number of fused-ring (bicyclic) bond motifs is 1. The summed E-state index contributed by atoms with van der Waals surface area (Å²) >= 11 is 1.75. The monoisotopic (exact) mass is 290 g/mol. The zero-order valence-corrected chi connectivity index (χ0v) is 12.9. The Balaban J connectivity index is 1.75. The van der Waals surface area contributed by atoms with Crippen molar-refractivity contribution in [1.29, 1.82) is 5.41 Å². The van der Waals surface area contributed by atoms with E-state index in [1.165, 1.54) is 0 Å². The van der Waals surface area contributed by atoms with E-state index in [0.29, 0.717) is 0 Å². The van der Waals surface area contributed by atoms with Gasteiger partial charge in [-0.2, -0.15) is 0 Å². The summed E-state index contributed by atoms with van der Waals surface area (Å²) in [5.41, 5.74) is 7.52. The fourth-order valence-electron chi connectivity index (χ4n) is 1.97. The molecule has 0 saturated heterocycles. The lowest BCUT2D eigenvalue weighted by atomic mass is 9.86. The number of para-hydroxylation sites is 2. The van der Waals surface area contributed by atoms with Gasteiger partial charge in [0.05, 0.1) is 16.9 Å². The highest BCUT2D eigenvalue weighted by Crippen LogP contribution is 2.25. The minimum absolute atomic E-state index is 0.177. The van der Waals surface area contributed by atoms with E-state index in [1.54, 1.807) is 11.8 Å². The number of nitrogens with two attached hydrogens (primary N) is 1. The van der Waals surface area contributed by atoms with Crippen LogP contribution in [-0.4, -0.2) is 21.6 Å². The number of aromatic amines is 1. The van der Waals surface area contributed by atoms with Crippen molar-refractivity contribution in [2.24, 2.45) is 11.1 Å². The van der Waals surface area contributed by atoms with Gasteiger partial charge in [-0.3, -0.25) is 5.41 Å². The number of H-pyrrole nitrogens is 1. The lowest BCUT2D eigenvalue weighted by molar-refractivity contribution is 0.448. The first kappa shape index (κ1) is 14.9. The molecule has 0 atom stereocenters. The summed E-state index contributed by atoms with van der Waals surface area (Å²) < 4.78 is 0. The molecule has 0 amide bonds. The largest absolute Gasteiger partial charge is 0.387 e. The number of aromatic nitrogens is 2. The van der Waals surface area contributed by atoms with Crippen LogP contribution in [0.3, 0.4) is 0 Å². The maximum Gasteiger partial charge on any atom is 0.166 e. The standard InChI is InChI=1S/C15H22N4S/c1-15(2,13(16)17)9-5-6-10-20-14-18-11-7-3-4-8-12(11)19-14/h3-4,7-8H,5-6,9-10H2,1-2H3,(H3,16,17)(H,18,19). The smallest absolute Gasteiger partial charge is 0.166 e. The molecule has 20 heavy (non-hydrogen) atoms. The summed E-state index contributed by atoms with van der Waals surface area (Å²) in [5.74, 6) is 1.32. The number of nitrogens with one attached hydrogen (secondary N) is 2. The molecule has 1 aromatic carbocycles. The summed E-state index contributed by atoms with van der Waals surface area (Å²) in [7, 11) is 0. The van der Waals surface area contributed by atoms with Gasteiger partial charge in [-0.15, -0.1) is 0 Å². The second-order valence-electron chi connectivity index (χ2n) is 5.66. The van der Waals surface area contributed by atoms with Gasteiger partial charge in [0.15, 0.2) is 5.16 Å². The van der Waals surface area contributed by atoms with E-state index in [4.69, 9.17) is 11.1 Å². The van der Waals surface area contributed by atoms with Gasteiger partial charge in [0.2, 0.25) is 0 Å². The number of hydrogen-bond donors (Lipinski definition) is 3. The quantitative estimate of drug-likeness (QED) is 0.314. The number of thioether (sulfide) groups is 1. The van der Waals surface area contributed by atoms with E-state index in [-0.39, 0.29) is 11.3 Å². The molecule has 0 spiro atoms.